The molecule has 0 saturated carbocycles. The minimum atomic E-state index is -0.561. The first kappa shape index (κ1) is 16.8. The van der Waals surface area contributed by atoms with Crippen molar-refractivity contribution < 1.29 is 19.1 Å². The number of rotatable bonds is 6. The molecule has 11 heteroatoms. The lowest BCUT2D eigenvalue weighted by Crippen LogP contribution is -2.10. The molecule has 0 bridgehead atoms. The van der Waals surface area contributed by atoms with Crippen molar-refractivity contribution in [3.8, 4) is 0 Å². The molecule has 0 spiro atoms. The molecule has 1 amide bonds. The van der Waals surface area contributed by atoms with Crippen molar-refractivity contribution in [2.45, 2.75) is 6.54 Å². The van der Waals surface area contributed by atoms with Crippen molar-refractivity contribution in [3.05, 3.63) is 80.5 Å². The van der Waals surface area contributed by atoms with Crippen molar-refractivity contribution >= 4 is 23.0 Å². The lowest BCUT2D eigenvalue weighted by Gasteiger charge is -2.02. The van der Waals surface area contributed by atoms with E-state index in [2.05, 4.69) is 10.4 Å². The summed E-state index contributed by atoms with van der Waals surface area (Å²) in [5.41, 5.74) is 0.144. The van der Waals surface area contributed by atoms with E-state index in [4.69, 9.17) is 4.42 Å². The fourth-order valence-electron chi connectivity index (χ4n) is 2.14. The number of hydrogen-bond donors (Lipinski definition) is 1. The predicted octanol–water partition coefficient (Wildman–Crippen LogP) is 2.59. The highest BCUT2D eigenvalue weighted by Crippen LogP contribution is 2.17. The quantitative estimate of drug-likeness (QED) is 0.527. The van der Waals surface area contributed by atoms with E-state index in [1.807, 2.05) is 0 Å². The van der Waals surface area contributed by atoms with E-state index in [0.717, 1.165) is 6.20 Å². The predicted molar refractivity (Wildman–Crippen MR) is 87.7 cm³/mol. The summed E-state index contributed by atoms with van der Waals surface area (Å²) in [5.74, 6) is -0.117. The minimum absolute atomic E-state index is 0.0278. The Kier molecular flexibility index (Phi) is 4.43. The van der Waals surface area contributed by atoms with Crippen LogP contribution in [0, 0.1) is 20.2 Å². The van der Waals surface area contributed by atoms with Gasteiger partial charge >= 0.3 is 5.69 Å². The van der Waals surface area contributed by atoms with Crippen molar-refractivity contribution in [3.63, 3.8) is 0 Å². The molecule has 132 valence electrons. The molecule has 0 atom stereocenters. The third-order valence-corrected chi connectivity index (χ3v) is 3.37. The maximum absolute atomic E-state index is 12.1. The number of nitro groups is 2. The molecule has 2 aromatic heterocycles. The van der Waals surface area contributed by atoms with Gasteiger partial charge < -0.3 is 9.73 Å². The van der Waals surface area contributed by atoms with Gasteiger partial charge in [-0.1, -0.05) is 0 Å². The van der Waals surface area contributed by atoms with E-state index in [-0.39, 0.29) is 23.7 Å². The molecule has 0 unspecified atom stereocenters. The van der Waals surface area contributed by atoms with Crippen molar-refractivity contribution in [2.24, 2.45) is 0 Å². The maximum atomic E-state index is 12.1. The number of non-ortho nitro benzene ring substituents is 1. The highest BCUT2D eigenvalue weighted by atomic mass is 16.6. The van der Waals surface area contributed by atoms with Crippen molar-refractivity contribution in [2.75, 3.05) is 5.32 Å². The summed E-state index contributed by atoms with van der Waals surface area (Å²) in [6.07, 6.45) is 2.37. The van der Waals surface area contributed by atoms with Crippen molar-refractivity contribution in [1.29, 1.82) is 0 Å². The van der Waals surface area contributed by atoms with Gasteiger partial charge in [-0.25, -0.2) is 0 Å². The summed E-state index contributed by atoms with van der Waals surface area (Å²) < 4.78 is 6.72. The monoisotopic (exact) mass is 357 g/mol. The molecular formula is C15H11N5O6. The summed E-state index contributed by atoms with van der Waals surface area (Å²) in [4.78, 5) is 32.3. The highest BCUT2D eigenvalue weighted by Gasteiger charge is 2.14. The molecule has 0 aliphatic heterocycles. The molecule has 11 nitrogen and oxygen atoms in total. The van der Waals surface area contributed by atoms with E-state index in [9.17, 15) is 25.0 Å². The molecule has 0 aliphatic carbocycles. The van der Waals surface area contributed by atoms with Crippen molar-refractivity contribution in [1.82, 2.24) is 9.78 Å². The van der Waals surface area contributed by atoms with E-state index < -0.39 is 15.8 Å². The van der Waals surface area contributed by atoms with Crippen LogP contribution in [0.25, 0.3) is 0 Å². The van der Waals surface area contributed by atoms with Gasteiger partial charge in [-0.3, -0.25) is 29.7 Å². The van der Waals surface area contributed by atoms with Gasteiger partial charge in [0.05, 0.1) is 16.4 Å². The SMILES string of the molecule is O=C(Nc1ccc([N+](=O)[O-])cc1)c1ccc(Cn2cc([N+](=O)[O-])cn2)o1. The van der Waals surface area contributed by atoms with Gasteiger partial charge in [0.15, 0.2) is 5.76 Å². The summed E-state index contributed by atoms with van der Waals surface area (Å²) in [5, 5.41) is 27.6. The van der Waals surface area contributed by atoms with Gasteiger partial charge in [0.25, 0.3) is 11.6 Å². The van der Waals surface area contributed by atoms with Crippen LogP contribution in [0.1, 0.15) is 16.3 Å². The molecule has 1 aromatic carbocycles. The van der Waals surface area contributed by atoms with Gasteiger partial charge in [-0.15, -0.1) is 0 Å². The van der Waals surface area contributed by atoms with Gasteiger partial charge in [-0.2, -0.15) is 5.10 Å². The Balaban J connectivity index is 1.65. The zero-order valence-corrected chi connectivity index (χ0v) is 13.1. The molecule has 0 aliphatic rings. The van der Waals surface area contributed by atoms with E-state index in [0.29, 0.717) is 11.4 Å². The van der Waals surface area contributed by atoms with Gasteiger partial charge in [0, 0.05) is 17.8 Å². The first-order chi connectivity index (χ1) is 12.4. The standard InChI is InChI=1S/C15H11N5O6/c21-15(17-10-1-3-11(4-2-10)19(22)23)14-6-5-13(26-14)9-18-8-12(7-16-18)20(24)25/h1-8H,9H2,(H,17,21). The smallest absolute Gasteiger partial charge is 0.307 e. The van der Waals surface area contributed by atoms with Crippen LogP contribution < -0.4 is 5.32 Å². The molecule has 2 heterocycles. The van der Waals surface area contributed by atoms with Crippen LogP contribution in [0.2, 0.25) is 0 Å². The second-order valence-electron chi connectivity index (χ2n) is 5.18. The fourth-order valence-corrected chi connectivity index (χ4v) is 2.14. The van der Waals surface area contributed by atoms with Crippen LogP contribution in [0.5, 0.6) is 0 Å². The van der Waals surface area contributed by atoms with E-state index >= 15 is 0 Å². The Morgan fingerprint density at radius 1 is 1.08 bits per heavy atom. The lowest BCUT2D eigenvalue weighted by atomic mass is 10.3. The van der Waals surface area contributed by atoms with Crippen LogP contribution in [0.15, 0.2) is 53.2 Å². The number of benzene rings is 1. The molecule has 26 heavy (non-hydrogen) atoms. The molecule has 1 N–H and O–H groups in total. The summed E-state index contributed by atoms with van der Waals surface area (Å²) in [6.45, 7) is 0.124. The Hall–Kier alpha value is -4.02. The Bertz CT molecular complexity index is 975. The molecule has 0 radical (unpaired) electrons. The number of nitro benzene ring substituents is 1. The average molecular weight is 357 g/mol. The average Bonchev–Trinajstić information content (AvgIpc) is 3.25. The van der Waals surface area contributed by atoms with Crippen LogP contribution in [-0.2, 0) is 6.54 Å². The van der Waals surface area contributed by atoms with Gasteiger partial charge in [0.2, 0.25) is 0 Å². The number of aromatic nitrogens is 2. The van der Waals surface area contributed by atoms with Crippen LogP contribution >= 0.6 is 0 Å². The molecule has 0 fully saturated rings. The first-order valence-electron chi connectivity index (χ1n) is 7.24. The van der Waals surface area contributed by atoms with Gasteiger partial charge in [-0.05, 0) is 24.3 Å². The first-order valence-corrected chi connectivity index (χ1v) is 7.24. The van der Waals surface area contributed by atoms with E-state index in [1.54, 1.807) is 6.07 Å². The molecule has 0 saturated heterocycles. The molecule has 3 rings (SSSR count). The van der Waals surface area contributed by atoms with E-state index in [1.165, 1.54) is 41.2 Å². The second kappa shape index (κ2) is 6.84. The Morgan fingerprint density at radius 3 is 2.38 bits per heavy atom. The number of nitrogens with zero attached hydrogens (tertiary/aromatic N) is 4. The third-order valence-electron chi connectivity index (χ3n) is 3.37. The fraction of sp³-hybridized carbons (Fsp3) is 0.0667. The number of anilines is 1. The lowest BCUT2D eigenvalue weighted by molar-refractivity contribution is -0.385. The number of carbonyl (C=O) groups excluding carboxylic acids is 1. The summed E-state index contributed by atoms with van der Waals surface area (Å²) in [6, 6.07) is 8.36. The third kappa shape index (κ3) is 3.72. The van der Waals surface area contributed by atoms with Crippen LogP contribution in [0.3, 0.4) is 0 Å². The highest BCUT2D eigenvalue weighted by molar-refractivity contribution is 6.02. The zero-order valence-electron chi connectivity index (χ0n) is 13.1. The van der Waals surface area contributed by atoms with Gasteiger partial charge in [0.1, 0.15) is 18.2 Å². The number of nitrogens with one attached hydrogen (secondary N) is 1. The Morgan fingerprint density at radius 2 is 1.77 bits per heavy atom. The maximum Gasteiger partial charge on any atom is 0.307 e. The number of carbonyl (C=O) groups is 1. The number of hydrogen-bond acceptors (Lipinski definition) is 7. The molecule has 3 aromatic rings. The zero-order chi connectivity index (χ0) is 18.7. The Labute approximate surface area is 145 Å². The second-order valence-corrected chi connectivity index (χ2v) is 5.18. The molecular weight excluding hydrogens is 346 g/mol. The topological polar surface area (TPSA) is 146 Å². The minimum Gasteiger partial charge on any atom is -0.454 e. The van der Waals surface area contributed by atoms with Crippen LogP contribution in [0.4, 0.5) is 17.1 Å². The van der Waals surface area contributed by atoms with Crippen LogP contribution in [-0.4, -0.2) is 25.5 Å². The normalized spacial score (nSPS) is 10.5. The number of amides is 1. The summed E-state index contributed by atoms with van der Waals surface area (Å²) >= 11 is 0. The number of furan rings is 1. The summed E-state index contributed by atoms with van der Waals surface area (Å²) in [7, 11) is 0. The largest absolute Gasteiger partial charge is 0.454 e.